The minimum Gasteiger partial charge on any atom is -0.329 e. The smallest absolute Gasteiger partial charge is 0.329 e. The van der Waals surface area contributed by atoms with E-state index in [1.165, 1.54) is 36.9 Å². The van der Waals surface area contributed by atoms with E-state index in [0.717, 1.165) is 0 Å². The topological polar surface area (TPSA) is 90.3 Å². The molecule has 1 amide bonds. The first-order valence-corrected chi connectivity index (χ1v) is 9.77. The molecule has 0 aliphatic carbocycles. The molecule has 0 spiro atoms. The number of carbonyl (C=O) groups is 1. The van der Waals surface area contributed by atoms with Crippen LogP contribution in [0.25, 0.3) is 17.1 Å². The lowest BCUT2D eigenvalue weighted by Crippen LogP contribution is -2.04. The maximum Gasteiger partial charge on any atom is 0.471 e. The van der Waals surface area contributed by atoms with Gasteiger partial charge in [-0.25, -0.2) is 4.21 Å². The molecule has 0 radical (unpaired) electrons. The van der Waals surface area contributed by atoms with Crippen LogP contribution in [0.1, 0.15) is 16.2 Å². The van der Waals surface area contributed by atoms with Crippen molar-refractivity contribution in [2.24, 2.45) is 4.36 Å². The molecule has 142 valence electrons. The summed E-state index contributed by atoms with van der Waals surface area (Å²) >= 11 is 0. The van der Waals surface area contributed by atoms with Crippen LogP contribution in [0.3, 0.4) is 0 Å². The number of amides is 1. The van der Waals surface area contributed by atoms with Gasteiger partial charge < -0.3 is 9.09 Å². The quantitative estimate of drug-likeness (QED) is 0.674. The van der Waals surface area contributed by atoms with Crippen LogP contribution in [-0.2, 0) is 15.9 Å². The summed E-state index contributed by atoms with van der Waals surface area (Å²) in [5.41, 5.74) is 1.25. The lowest BCUT2D eigenvalue weighted by molar-refractivity contribution is -0.159. The number of hydrogen-bond acceptors (Lipinski definition) is 5. The van der Waals surface area contributed by atoms with E-state index in [-0.39, 0.29) is 11.4 Å². The fourth-order valence-electron chi connectivity index (χ4n) is 2.17. The van der Waals surface area contributed by atoms with Gasteiger partial charge in [0.25, 0.3) is 5.91 Å². The Labute approximate surface area is 152 Å². The number of carbonyl (C=O) groups excluding carboxylic acids is 1. The van der Waals surface area contributed by atoms with Crippen molar-refractivity contribution in [2.45, 2.75) is 6.18 Å². The average Bonchev–Trinajstić information content (AvgIpc) is 3.23. The first-order chi connectivity index (χ1) is 12.5. The van der Waals surface area contributed by atoms with Crippen molar-refractivity contribution in [1.82, 2.24) is 14.7 Å². The Balaban J connectivity index is 1.83. The summed E-state index contributed by atoms with van der Waals surface area (Å²) in [7, 11) is -2.56. The predicted octanol–water partition coefficient (Wildman–Crippen LogP) is 3.41. The Morgan fingerprint density at radius 2 is 1.85 bits per heavy atom. The molecule has 2 aromatic heterocycles. The summed E-state index contributed by atoms with van der Waals surface area (Å²) in [6, 6.07) is 7.81. The predicted molar refractivity (Wildman–Crippen MR) is 90.8 cm³/mol. The zero-order valence-corrected chi connectivity index (χ0v) is 14.9. The van der Waals surface area contributed by atoms with Gasteiger partial charge in [-0.15, -0.1) is 0 Å². The Hall–Kier alpha value is -2.95. The number of benzene rings is 1. The molecule has 0 bridgehead atoms. The van der Waals surface area contributed by atoms with E-state index in [4.69, 9.17) is 0 Å². The molecule has 3 rings (SSSR count). The molecule has 0 aliphatic rings. The molecule has 3 aromatic rings. The van der Waals surface area contributed by atoms with Crippen LogP contribution in [-0.4, -0.2) is 37.3 Å². The molecular weight excluding hydrogens is 385 g/mol. The average molecular weight is 398 g/mol. The Morgan fingerprint density at radius 3 is 2.41 bits per heavy atom. The third-order valence-corrected chi connectivity index (χ3v) is 3.94. The second kappa shape index (κ2) is 6.65. The third kappa shape index (κ3) is 4.42. The summed E-state index contributed by atoms with van der Waals surface area (Å²) < 4.78 is 58.6. The van der Waals surface area contributed by atoms with Crippen molar-refractivity contribution in [3.05, 3.63) is 54.2 Å². The zero-order chi connectivity index (χ0) is 19.8. The lowest BCUT2D eigenvalue weighted by atomic mass is 10.2. The highest BCUT2D eigenvalue weighted by Crippen LogP contribution is 2.29. The lowest BCUT2D eigenvalue weighted by Gasteiger charge is -2.03. The minimum atomic E-state index is -4.70. The van der Waals surface area contributed by atoms with Gasteiger partial charge in [0.15, 0.2) is 0 Å². The van der Waals surface area contributed by atoms with Gasteiger partial charge >= 0.3 is 12.1 Å². The van der Waals surface area contributed by atoms with Crippen LogP contribution in [0.5, 0.6) is 0 Å². The van der Waals surface area contributed by atoms with Crippen molar-refractivity contribution in [3.63, 3.8) is 0 Å². The van der Waals surface area contributed by atoms with Crippen molar-refractivity contribution < 1.29 is 26.7 Å². The number of halogens is 3. The van der Waals surface area contributed by atoms with Crippen LogP contribution in [0, 0.1) is 0 Å². The van der Waals surface area contributed by atoms with Crippen LogP contribution >= 0.6 is 0 Å². The van der Waals surface area contributed by atoms with Crippen molar-refractivity contribution >= 4 is 15.6 Å². The Kier molecular flexibility index (Phi) is 4.64. The maximum atomic E-state index is 12.5. The van der Waals surface area contributed by atoms with E-state index < -0.39 is 27.7 Å². The molecule has 0 unspecified atom stereocenters. The summed E-state index contributed by atoms with van der Waals surface area (Å²) in [4.78, 5) is 15.3. The van der Waals surface area contributed by atoms with Gasteiger partial charge in [0.1, 0.15) is 0 Å². The van der Waals surface area contributed by atoms with Crippen LogP contribution < -0.4 is 0 Å². The number of rotatable bonds is 3. The highest BCUT2D eigenvalue weighted by Gasteiger charge is 2.38. The molecule has 0 fully saturated rings. The molecule has 27 heavy (non-hydrogen) atoms. The number of alkyl halides is 3. The summed E-state index contributed by atoms with van der Waals surface area (Å²) in [5, 5.41) is 3.32. The highest BCUT2D eigenvalue weighted by molar-refractivity contribution is 7.92. The molecule has 0 N–H and O–H groups in total. The molecule has 1 aromatic carbocycles. The molecule has 0 atom stereocenters. The van der Waals surface area contributed by atoms with E-state index in [2.05, 4.69) is 19.0 Å². The summed E-state index contributed by atoms with van der Waals surface area (Å²) in [6.45, 7) is 0. The summed E-state index contributed by atoms with van der Waals surface area (Å²) in [5.74, 6) is -2.19. The first kappa shape index (κ1) is 18.8. The Bertz CT molecular complexity index is 1100. The van der Waals surface area contributed by atoms with Gasteiger partial charge in [-0.1, -0.05) is 5.16 Å². The molecule has 0 saturated heterocycles. The molecule has 7 nitrogen and oxygen atoms in total. The van der Waals surface area contributed by atoms with Crippen molar-refractivity contribution in [3.8, 4) is 17.1 Å². The molecular formula is C16H13F3N4O3S. The SMILES string of the molecule is CS(C)(=O)=NC(=O)c1ccn(-c2ccc(-c3noc(C(F)(F)F)n3)cc2)c1. The van der Waals surface area contributed by atoms with Gasteiger partial charge in [-0.3, -0.25) is 4.79 Å². The third-order valence-electron chi connectivity index (χ3n) is 3.33. The standard InChI is InChI=1S/C16H13F3N4O3S/c1-27(2,25)22-14(24)11-7-8-23(9-11)12-5-3-10(4-6-12)13-20-15(26-21-13)16(17,18)19/h3-9H,1-2H3. The maximum absolute atomic E-state index is 12.5. The number of aromatic nitrogens is 3. The van der Waals surface area contributed by atoms with E-state index in [9.17, 15) is 22.2 Å². The molecule has 11 heteroatoms. The normalized spacial score (nSPS) is 12.2. The molecule has 0 saturated carbocycles. The van der Waals surface area contributed by atoms with E-state index >= 15 is 0 Å². The zero-order valence-electron chi connectivity index (χ0n) is 14.1. The van der Waals surface area contributed by atoms with E-state index in [1.54, 1.807) is 22.9 Å². The van der Waals surface area contributed by atoms with Crippen molar-refractivity contribution in [2.75, 3.05) is 12.5 Å². The molecule has 2 heterocycles. The monoisotopic (exact) mass is 398 g/mol. The van der Waals surface area contributed by atoms with Crippen LogP contribution in [0.2, 0.25) is 0 Å². The first-order valence-electron chi connectivity index (χ1n) is 7.44. The fourth-order valence-corrected chi connectivity index (χ4v) is 2.68. The van der Waals surface area contributed by atoms with Gasteiger partial charge in [0.2, 0.25) is 5.82 Å². The number of nitrogens with zero attached hydrogens (tertiary/aromatic N) is 4. The minimum absolute atomic E-state index is 0.184. The van der Waals surface area contributed by atoms with E-state index in [1.807, 2.05) is 0 Å². The van der Waals surface area contributed by atoms with Gasteiger partial charge in [-0.2, -0.15) is 22.5 Å². The summed E-state index contributed by atoms with van der Waals surface area (Å²) in [6.07, 6.45) is 1.15. The fraction of sp³-hybridized carbons (Fsp3) is 0.188. The van der Waals surface area contributed by atoms with Crippen LogP contribution in [0.4, 0.5) is 13.2 Å². The second-order valence-electron chi connectivity index (χ2n) is 5.85. The van der Waals surface area contributed by atoms with Gasteiger partial charge in [-0.05, 0) is 30.3 Å². The second-order valence-corrected chi connectivity index (χ2v) is 8.40. The largest absolute Gasteiger partial charge is 0.471 e. The van der Waals surface area contributed by atoms with Crippen molar-refractivity contribution in [1.29, 1.82) is 0 Å². The van der Waals surface area contributed by atoms with E-state index in [0.29, 0.717) is 11.3 Å². The van der Waals surface area contributed by atoms with Gasteiger partial charge in [0, 0.05) is 45.9 Å². The Morgan fingerprint density at radius 1 is 1.19 bits per heavy atom. The highest BCUT2D eigenvalue weighted by atomic mass is 32.2. The number of hydrogen-bond donors (Lipinski definition) is 0. The van der Waals surface area contributed by atoms with Crippen LogP contribution in [0.15, 0.2) is 51.6 Å². The molecule has 0 aliphatic heterocycles. The van der Waals surface area contributed by atoms with Gasteiger partial charge in [0.05, 0.1) is 5.56 Å².